The molecule has 0 bridgehead atoms. The largest absolute Gasteiger partial charge is 0.491 e. The van der Waals surface area contributed by atoms with Crippen LogP contribution in [0.15, 0.2) is 53.9 Å². The van der Waals surface area contributed by atoms with Crippen molar-refractivity contribution in [3.05, 3.63) is 81.0 Å². The molecule has 1 saturated carbocycles. The molecule has 0 unspecified atom stereocenters. The van der Waals surface area contributed by atoms with E-state index in [4.69, 9.17) is 4.74 Å². The van der Waals surface area contributed by atoms with E-state index in [2.05, 4.69) is 29.8 Å². The lowest BCUT2D eigenvalue weighted by molar-refractivity contribution is -0.135. The summed E-state index contributed by atoms with van der Waals surface area (Å²) in [6.45, 7) is 7.81. The minimum absolute atomic E-state index is 0.0363. The van der Waals surface area contributed by atoms with E-state index in [1.165, 1.54) is 10.4 Å². The summed E-state index contributed by atoms with van der Waals surface area (Å²) in [5, 5.41) is 5.08. The van der Waals surface area contributed by atoms with Crippen LogP contribution in [-0.2, 0) is 11.2 Å². The summed E-state index contributed by atoms with van der Waals surface area (Å²) in [5.74, 6) is 1.28. The van der Waals surface area contributed by atoms with Crippen molar-refractivity contribution in [1.29, 1.82) is 0 Å². The smallest absolute Gasteiger partial charge is 0.322 e. The molecular weight excluding hydrogens is 482 g/mol. The van der Waals surface area contributed by atoms with Crippen LogP contribution in [0.25, 0.3) is 0 Å². The Morgan fingerprint density at radius 3 is 2.54 bits per heavy atom. The topological polar surface area (TPSA) is 61.9 Å². The summed E-state index contributed by atoms with van der Waals surface area (Å²) in [6, 6.07) is 15.6. The van der Waals surface area contributed by atoms with Gasteiger partial charge in [0.2, 0.25) is 5.91 Å². The van der Waals surface area contributed by atoms with E-state index in [1.807, 2.05) is 55.1 Å². The van der Waals surface area contributed by atoms with Gasteiger partial charge >= 0.3 is 6.03 Å². The molecule has 1 fully saturated rings. The number of hydrogen-bond donors (Lipinski definition) is 1. The van der Waals surface area contributed by atoms with Crippen LogP contribution in [0.4, 0.5) is 10.5 Å². The number of carbonyl (C=O) groups is 2. The quantitative estimate of drug-likeness (QED) is 0.391. The van der Waals surface area contributed by atoms with Gasteiger partial charge in [-0.2, -0.15) is 0 Å². The van der Waals surface area contributed by atoms with Gasteiger partial charge in [-0.1, -0.05) is 35.4 Å². The number of aryl methyl sites for hydroxylation is 3. The van der Waals surface area contributed by atoms with E-state index in [-0.39, 0.29) is 24.5 Å². The third-order valence-electron chi connectivity index (χ3n) is 7.23. The first-order valence-electron chi connectivity index (χ1n) is 13.1. The predicted molar refractivity (Wildman–Crippen MR) is 148 cm³/mol. The van der Waals surface area contributed by atoms with Crippen LogP contribution in [0, 0.1) is 26.7 Å². The first-order chi connectivity index (χ1) is 17.9. The second kappa shape index (κ2) is 11.0. The standard InChI is InChI=1S/C30H35N3O3S/c1-20-4-9-24(10-5-20)31-30(35)32(17-23-7-8-23)18-29(34)33-14-12-28-25(13-15-37-28)26(33)19-36-27-11-6-21(2)16-22(27)3/h4-6,9-11,13,15-16,23,26H,7-8,12,14,17-19H2,1-3H3,(H,31,35)/t26-/m0/s1. The molecule has 1 aromatic heterocycles. The first kappa shape index (κ1) is 25.3. The fourth-order valence-electron chi connectivity index (χ4n) is 4.93. The van der Waals surface area contributed by atoms with Crippen molar-refractivity contribution in [1.82, 2.24) is 9.80 Å². The maximum atomic E-state index is 13.7. The van der Waals surface area contributed by atoms with Crippen molar-refractivity contribution < 1.29 is 14.3 Å². The Bertz CT molecular complexity index is 1270. The van der Waals surface area contributed by atoms with Crippen molar-refractivity contribution in [2.24, 2.45) is 5.92 Å². The predicted octanol–water partition coefficient (Wildman–Crippen LogP) is 6.12. The SMILES string of the molecule is Cc1ccc(NC(=O)N(CC(=O)N2CCc3sccc3[C@@H]2COc2ccc(C)cc2C)CC2CC2)cc1. The van der Waals surface area contributed by atoms with Gasteiger partial charge in [-0.3, -0.25) is 4.79 Å². The van der Waals surface area contributed by atoms with Crippen LogP contribution in [0.5, 0.6) is 5.75 Å². The highest BCUT2D eigenvalue weighted by molar-refractivity contribution is 7.10. The Morgan fingerprint density at radius 1 is 1.05 bits per heavy atom. The van der Waals surface area contributed by atoms with Gasteiger partial charge in [-0.25, -0.2) is 4.79 Å². The molecule has 3 amide bonds. The molecule has 1 aliphatic carbocycles. The molecule has 2 aliphatic rings. The molecule has 2 heterocycles. The zero-order chi connectivity index (χ0) is 25.9. The third kappa shape index (κ3) is 6.16. The van der Waals surface area contributed by atoms with E-state index in [0.29, 0.717) is 25.6 Å². The van der Waals surface area contributed by atoms with Gasteiger partial charge in [-0.05, 0) is 86.7 Å². The van der Waals surface area contributed by atoms with Gasteiger partial charge in [0.15, 0.2) is 0 Å². The number of rotatable bonds is 8. The van der Waals surface area contributed by atoms with Crippen molar-refractivity contribution in [2.45, 2.75) is 46.1 Å². The van der Waals surface area contributed by atoms with Gasteiger partial charge in [-0.15, -0.1) is 11.3 Å². The number of hydrogen-bond acceptors (Lipinski definition) is 4. The molecular formula is C30H35N3O3S. The number of fused-ring (bicyclic) bond motifs is 1. The summed E-state index contributed by atoms with van der Waals surface area (Å²) in [4.78, 5) is 31.9. The van der Waals surface area contributed by atoms with E-state index < -0.39 is 0 Å². The van der Waals surface area contributed by atoms with Gasteiger partial charge in [0.05, 0.1) is 6.04 Å². The molecule has 7 heteroatoms. The number of nitrogens with zero attached hydrogens (tertiary/aromatic N) is 2. The van der Waals surface area contributed by atoms with Crippen molar-refractivity contribution in [2.75, 3.05) is 31.6 Å². The van der Waals surface area contributed by atoms with Crippen LogP contribution in [0.1, 0.15) is 46.0 Å². The zero-order valence-electron chi connectivity index (χ0n) is 21.8. The van der Waals surface area contributed by atoms with Crippen LogP contribution < -0.4 is 10.1 Å². The zero-order valence-corrected chi connectivity index (χ0v) is 22.6. The monoisotopic (exact) mass is 517 g/mol. The Morgan fingerprint density at radius 2 is 1.81 bits per heavy atom. The second-order valence-electron chi connectivity index (χ2n) is 10.4. The number of urea groups is 1. The Kier molecular flexibility index (Phi) is 7.51. The lowest BCUT2D eigenvalue weighted by Crippen LogP contribution is -2.49. The Hall–Kier alpha value is -3.32. The number of thiophene rings is 1. The van der Waals surface area contributed by atoms with Gasteiger partial charge in [0.1, 0.15) is 18.9 Å². The first-order valence-corrected chi connectivity index (χ1v) is 13.9. The van der Waals surface area contributed by atoms with Crippen molar-refractivity contribution >= 4 is 29.0 Å². The van der Waals surface area contributed by atoms with Gasteiger partial charge in [0, 0.05) is 23.7 Å². The Labute approximate surface area is 223 Å². The van der Waals surface area contributed by atoms with E-state index in [9.17, 15) is 9.59 Å². The van der Waals surface area contributed by atoms with E-state index in [1.54, 1.807) is 16.2 Å². The highest BCUT2D eigenvalue weighted by Gasteiger charge is 2.35. The molecule has 5 rings (SSSR count). The number of nitrogens with one attached hydrogen (secondary N) is 1. The normalized spacial score (nSPS) is 16.7. The van der Waals surface area contributed by atoms with E-state index >= 15 is 0 Å². The van der Waals surface area contributed by atoms with Crippen molar-refractivity contribution in [3.63, 3.8) is 0 Å². The number of ether oxygens (including phenoxy) is 1. The number of amides is 3. The third-order valence-corrected chi connectivity index (χ3v) is 8.23. The maximum absolute atomic E-state index is 13.7. The molecule has 0 radical (unpaired) electrons. The molecule has 194 valence electrons. The summed E-state index contributed by atoms with van der Waals surface area (Å²) in [5.41, 5.74) is 5.31. The molecule has 0 saturated heterocycles. The van der Waals surface area contributed by atoms with Crippen LogP contribution in [0.3, 0.4) is 0 Å². The lowest BCUT2D eigenvalue weighted by atomic mass is 10.00. The summed E-state index contributed by atoms with van der Waals surface area (Å²) in [7, 11) is 0. The Balaban J connectivity index is 1.31. The lowest BCUT2D eigenvalue weighted by Gasteiger charge is -2.37. The molecule has 2 aromatic carbocycles. The average molecular weight is 518 g/mol. The number of benzene rings is 2. The molecule has 1 aliphatic heterocycles. The highest BCUT2D eigenvalue weighted by atomic mass is 32.1. The molecule has 37 heavy (non-hydrogen) atoms. The minimum atomic E-state index is -0.222. The highest BCUT2D eigenvalue weighted by Crippen LogP contribution is 2.35. The molecule has 1 atom stereocenters. The van der Waals surface area contributed by atoms with E-state index in [0.717, 1.165) is 47.4 Å². The molecule has 0 spiro atoms. The summed E-state index contributed by atoms with van der Waals surface area (Å²) in [6.07, 6.45) is 3.05. The summed E-state index contributed by atoms with van der Waals surface area (Å²) >= 11 is 1.74. The molecule has 1 N–H and O–H groups in total. The fraction of sp³-hybridized carbons (Fsp3) is 0.400. The summed E-state index contributed by atoms with van der Waals surface area (Å²) < 4.78 is 6.27. The fourth-order valence-corrected chi connectivity index (χ4v) is 5.86. The molecule has 6 nitrogen and oxygen atoms in total. The van der Waals surface area contributed by atoms with Crippen LogP contribution in [-0.4, -0.2) is 48.0 Å². The van der Waals surface area contributed by atoms with Gasteiger partial charge in [0.25, 0.3) is 0 Å². The van der Waals surface area contributed by atoms with Crippen LogP contribution in [0.2, 0.25) is 0 Å². The number of carbonyl (C=O) groups excluding carboxylic acids is 2. The maximum Gasteiger partial charge on any atom is 0.322 e. The number of anilines is 1. The second-order valence-corrected chi connectivity index (χ2v) is 11.4. The average Bonchev–Trinajstić information content (AvgIpc) is 3.56. The van der Waals surface area contributed by atoms with Gasteiger partial charge < -0.3 is 19.9 Å². The van der Waals surface area contributed by atoms with Crippen molar-refractivity contribution in [3.8, 4) is 5.75 Å². The minimum Gasteiger partial charge on any atom is -0.491 e. The van der Waals surface area contributed by atoms with Crippen LogP contribution >= 0.6 is 11.3 Å². The molecule has 3 aromatic rings.